The molecule has 0 saturated carbocycles. The SMILES string of the molecule is O=C(CCSc1ccccc1)NCCc1c[nH]c2ccc(Cl)cc12. The smallest absolute Gasteiger partial charge is 0.220 e. The van der Waals surface area contributed by atoms with Crippen molar-refractivity contribution in [3.8, 4) is 0 Å². The molecule has 0 unspecified atom stereocenters. The van der Waals surface area contributed by atoms with Crippen molar-refractivity contribution in [2.75, 3.05) is 12.3 Å². The van der Waals surface area contributed by atoms with E-state index in [0.717, 1.165) is 28.1 Å². The zero-order chi connectivity index (χ0) is 16.8. The first-order valence-electron chi connectivity index (χ1n) is 7.92. The number of fused-ring (bicyclic) bond motifs is 1. The lowest BCUT2D eigenvalue weighted by Gasteiger charge is -2.05. The first-order chi connectivity index (χ1) is 11.7. The molecule has 2 N–H and O–H groups in total. The summed E-state index contributed by atoms with van der Waals surface area (Å²) in [6, 6.07) is 15.9. The summed E-state index contributed by atoms with van der Waals surface area (Å²) in [6.45, 7) is 0.633. The van der Waals surface area contributed by atoms with Gasteiger partial charge in [-0.3, -0.25) is 4.79 Å². The van der Waals surface area contributed by atoms with E-state index in [9.17, 15) is 4.79 Å². The molecule has 0 aliphatic rings. The Morgan fingerprint density at radius 2 is 2.00 bits per heavy atom. The molecule has 1 amide bonds. The van der Waals surface area contributed by atoms with Crippen LogP contribution in [0.5, 0.6) is 0 Å². The van der Waals surface area contributed by atoms with Crippen molar-refractivity contribution in [1.82, 2.24) is 10.3 Å². The highest BCUT2D eigenvalue weighted by molar-refractivity contribution is 7.99. The van der Waals surface area contributed by atoms with Gasteiger partial charge in [-0.2, -0.15) is 0 Å². The highest BCUT2D eigenvalue weighted by Crippen LogP contribution is 2.22. The van der Waals surface area contributed by atoms with Gasteiger partial charge in [-0.05, 0) is 42.3 Å². The molecule has 5 heteroatoms. The summed E-state index contributed by atoms with van der Waals surface area (Å²) >= 11 is 7.76. The number of thioether (sulfide) groups is 1. The first kappa shape index (κ1) is 16.9. The molecule has 0 aliphatic carbocycles. The minimum Gasteiger partial charge on any atom is -0.361 e. The van der Waals surface area contributed by atoms with Crippen molar-refractivity contribution in [3.63, 3.8) is 0 Å². The molecule has 1 aromatic heterocycles. The van der Waals surface area contributed by atoms with E-state index in [2.05, 4.69) is 22.4 Å². The third kappa shape index (κ3) is 4.56. The Kier molecular flexibility index (Phi) is 5.83. The van der Waals surface area contributed by atoms with E-state index in [1.807, 2.05) is 42.6 Å². The van der Waals surface area contributed by atoms with Gasteiger partial charge in [0, 0.05) is 45.7 Å². The van der Waals surface area contributed by atoms with Crippen LogP contribution in [0.25, 0.3) is 10.9 Å². The van der Waals surface area contributed by atoms with E-state index in [4.69, 9.17) is 11.6 Å². The summed E-state index contributed by atoms with van der Waals surface area (Å²) in [5.41, 5.74) is 2.24. The lowest BCUT2D eigenvalue weighted by atomic mass is 10.1. The Balaban J connectivity index is 1.42. The van der Waals surface area contributed by atoms with Crippen LogP contribution < -0.4 is 5.32 Å². The molecule has 1 heterocycles. The minimum absolute atomic E-state index is 0.0938. The number of nitrogens with one attached hydrogen (secondary N) is 2. The summed E-state index contributed by atoms with van der Waals surface area (Å²) in [7, 11) is 0. The van der Waals surface area contributed by atoms with Crippen LogP contribution in [0.4, 0.5) is 0 Å². The largest absolute Gasteiger partial charge is 0.361 e. The van der Waals surface area contributed by atoms with Crippen molar-refractivity contribution in [1.29, 1.82) is 0 Å². The van der Waals surface area contributed by atoms with E-state index in [0.29, 0.717) is 13.0 Å². The van der Waals surface area contributed by atoms with Gasteiger partial charge >= 0.3 is 0 Å². The van der Waals surface area contributed by atoms with Crippen LogP contribution in [0.3, 0.4) is 0 Å². The Hall–Kier alpha value is -1.91. The number of rotatable bonds is 7. The van der Waals surface area contributed by atoms with Crippen LogP contribution in [-0.2, 0) is 11.2 Å². The fourth-order valence-corrected chi connectivity index (χ4v) is 3.61. The number of H-pyrrole nitrogens is 1. The van der Waals surface area contributed by atoms with E-state index in [-0.39, 0.29) is 5.91 Å². The molecule has 0 radical (unpaired) electrons. The van der Waals surface area contributed by atoms with Crippen LogP contribution in [-0.4, -0.2) is 23.2 Å². The molecule has 3 aromatic rings. The molecule has 3 rings (SSSR count). The number of amides is 1. The molecule has 0 saturated heterocycles. The predicted octanol–water partition coefficient (Wildman–Crippen LogP) is 4.66. The van der Waals surface area contributed by atoms with Crippen molar-refractivity contribution < 1.29 is 4.79 Å². The first-order valence-corrected chi connectivity index (χ1v) is 9.29. The van der Waals surface area contributed by atoms with Crippen molar-refractivity contribution in [2.24, 2.45) is 0 Å². The summed E-state index contributed by atoms with van der Waals surface area (Å²) in [5, 5.41) is 4.84. The average molecular weight is 359 g/mol. The van der Waals surface area contributed by atoms with Gasteiger partial charge in [0.25, 0.3) is 0 Å². The van der Waals surface area contributed by atoms with Crippen molar-refractivity contribution in [2.45, 2.75) is 17.7 Å². The highest BCUT2D eigenvalue weighted by atomic mass is 35.5. The number of aromatic amines is 1. The van der Waals surface area contributed by atoms with Gasteiger partial charge in [0.1, 0.15) is 0 Å². The van der Waals surface area contributed by atoms with Gasteiger partial charge < -0.3 is 10.3 Å². The van der Waals surface area contributed by atoms with Crippen LogP contribution >= 0.6 is 23.4 Å². The summed E-state index contributed by atoms with van der Waals surface area (Å²) in [4.78, 5) is 16.4. The molecule has 0 spiro atoms. The van der Waals surface area contributed by atoms with Gasteiger partial charge in [0.05, 0.1) is 0 Å². The zero-order valence-electron chi connectivity index (χ0n) is 13.2. The monoisotopic (exact) mass is 358 g/mol. The standard InChI is InChI=1S/C19H19ClN2OS/c20-15-6-7-18-17(12-15)14(13-22-18)8-10-21-19(23)9-11-24-16-4-2-1-3-5-16/h1-7,12-13,22H,8-11H2,(H,21,23). The van der Waals surface area contributed by atoms with Crippen LogP contribution in [0.2, 0.25) is 5.02 Å². The maximum atomic E-state index is 11.9. The molecule has 2 aromatic carbocycles. The molecule has 3 nitrogen and oxygen atoms in total. The second-order valence-electron chi connectivity index (χ2n) is 5.52. The number of aromatic nitrogens is 1. The van der Waals surface area contributed by atoms with E-state index < -0.39 is 0 Å². The van der Waals surface area contributed by atoms with Gasteiger partial charge in [0.15, 0.2) is 0 Å². The quantitative estimate of drug-likeness (QED) is 0.603. The molecule has 0 fully saturated rings. The Morgan fingerprint density at radius 1 is 1.17 bits per heavy atom. The maximum Gasteiger partial charge on any atom is 0.220 e. The lowest BCUT2D eigenvalue weighted by Crippen LogP contribution is -2.25. The summed E-state index contributed by atoms with van der Waals surface area (Å²) < 4.78 is 0. The normalized spacial score (nSPS) is 10.9. The van der Waals surface area contributed by atoms with Gasteiger partial charge in [-0.15, -0.1) is 11.8 Å². The Morgan fingerprint density at radius 3 is 2.83 bits per heavy atom. The number of hydrogen-bond donors (Lipinski definition) is 2. The predicted molar refractivity (Wildman–Crippen MR) is 102 cm³/mol. The van der Waals surface area contributed by atoms with Gasteiger partial charge in [-0.25, -0.2) is 0 Å². The van der Waals surface area contributed by atoms with E-state index >= 15 is 0 Å². The average Bonchev–Trinajstić information content (AvgIpc) is 2.98. The molecule has 0 atom stereocenters. The highest BCUT2D eigenvalue weighted by Gasteiger charge is 2.06. The third-order valence-corrected chi connectivity index (χ3v) is 5.04. The van der Waals surface area contributed by atoms with Crippen LogP contribution in [0.1, 0.15) is 12.0 Å². The number of halogens is 1. The fourth-order valence-electron chi connectivity index (χ4n) is 2.56. The van der Waals surface area contributed by atoms with Crippen molar-refractivity contribution >= 4 is 40.2 Å². The van der Waals surface area contributed by atoms with E-state index in [1.165, 1.54) is 10.5 Å². The van der Waals surface area contributed by atoms with Crippen LogP contribution in [0, 0.1) is 0 Å². The van der Waals surface area contributed by atoms with E-state index in [1.54, 1.807) is 11.8 Å². The third-order valence-electron chi connectivity index (χ3n) is 3.79. The Bertz CT molecular complexity index is 817. The second kappa shape index (κ2) is 8.27. The molecule has 0 aliphatic heterocycles. The lowest BCUT2D eigenvalue weighted by molar-refractivity contribution is -0.120. The number of benzene rings is 2. The summed E-state index contributed by atoms with van der Waals surface area (Å²) in [5.74, 6) is 0.884. The number of carbonyl (C=O) groups excluding carboxylic acids is 1. The summed E-state index contributed by atoms with van der Waals surface area (Å²) in [6.07, 6.45) is 3.30. The van der Waals surface area contributed by atoms with Crippen molar-refractivity contribution in [3.05, 3.63) is 65.3 Å². The molecular formula is C19H19ClN2OS. The fraction of sp³-hybridized carbons (Fsp3) is 0.211. The number of hydrogen-bond acceptors (Lipinski definition) is 2. The molecule has 0 bridgehead atoms. The molecular weight excluding hydrogens is 340 g/mol. The van der Waals surface area contributed by atoms with Gasteiger partial charge in [0.2, 0.25) is 5.91 Å². The minimum atomic E-state index is 0.0938. The topological polar surface area (TPSA) is 44.9 Å². The van der Waals surface area contributed by atoms with Gasteiger partial charge in [-0.1, -0.05) is 29.8 Å². The molecule has 24 heavy (non-hydrogen) atoms. The maximum absolute atomic E-state index is 11.9. The Labute approximate surface area is 150 Å². The number of carbonyl (C=O) groups is 1. The molecule has 124 valence electrons. The zero-order valence-corrected chi connectivity index (χ0v) is 14.8. The van der Waals surface area contributed by atoms with Crippen LogP contribution in [0.15, 0.2) is 59.6 Å². The second-order valence-corrected chi connectivity index (χ2v) is 7.12.